The van der Waals surface area contributed by atoms with Crippen LogP contribution in [0.25, 0.3) is 0 Å². The molecule has 0 amide bonds. The Hall–Kier alpha value is -3.16. The largest absolute Gasteiger partial charge is 0.508 e. The van der Waals surface area contributed by atoms with Gasteiger partial charge < -0.3 is 15.2 Å². The van der Waals surface area contributed by atoms with Crippen molar-refractivity contribution >= 4 is 17.4 Å². The summed E-state index contributed by atoms with van der Waals surface area (Å²) >= 11 is 0. The fraction of sp³-hybridized carbons (Fsp3) is 0.333. The quantitative estimate of drug-likeness (QED) is 0.484. The van der Waals surface area contributed by atoms with Crippen molar-refractivity contribution in [1.82, 2.24) is 5.32 Å². The fourth-order valence-electron chi connectivity index (χ4n) is 3.56. The van der Waals surface area contributed by atoms with E-state index in [0.29, 0.717) is 36.2 Å². The van der Waals surface area contributed by atoms with Crippen molar-refractivity contribution in [2.24, 2.45) is 0 Å². The van der Waals surface area contributed by atoms with Crippen LogP contribution in [-0.4, -0.2) is 28.9 Å². The van der Waals surface area contributed by atoms with Crippen LogP contribution in [0.2, 0.25) is 0 Å². The molecule has 0 saturated heterocycles. The van der Waals surface area contributed by atoms with Gasteiger partial charge in [0.05, 0.1) is 23.5 Å². The maximum Gasteiger partial charge on any atom is 0.336 e. The summed E-state index contributed by atoms with van der Waals surface area (Å²) in [5.74, 6) is -1.94. The van der Waals surface area contributed by atoms with Gasteiger partial charge in [-0.3, -0.25) is 14.9 Å². The number of carbonyl (C=O) groups excluding carboxylic acids is 2. The Bertz CT molecular complexity index is 884. The Morgan fingerprint density at radius 3 is 2.77 bits per heavy atom. The van der Waals surface area contributed by atoms with Crippen LogP contribution < -0.4 is 5.32 Å². The molecule has 1 aromatic carbocycles. The van der Waals surface area contributed by atoms with Crippen LogP contribution in [0.3, 0.4) is 0 Å². The minimum absolute atomic E-state index is 0.142. The van der Waals surface area contributed by atoms with Crippen molar-refractivity contribution in [3.05, 3.63) is 56.4 Å². The van der Waals surface area contributed by atoms with Gasteiger partial charge in [-0.2, -0.15) is 0 Å². The highest BCUT2D eigenvalue weighted by Crippen LogP contribution is 2.45. The molecule has 2 N–H and O–H groups in total. The molecule has 1 aromatic rings. The molecule has 3 rings (SSSR count). The zero-order valence-corrected chi connectivity index (χ0v) is 14.4. The smallest absolute Gasteiger partial charge is 0.336 e. The average molecular weight is 358 g/mol. The first-order valence-electron chi connectivity index (χ1n) is 8.14. The topological polar surface area (TPSA) is 119 Å². The Kier molecular flexibility index (Phi) is 4.50. The van der Waals surface area contributed by atoms with Gasteiger partial charge >= 0.3 is 5.97 Å². The van der Waals surface area contributed by atoms with Gasteiger partial charge in [0.2, 0.25) is 0 Å². The molecule has 0 saturated carbocycles. The Morgan fingerprint density at radius 2 is 2.12 bits per heavy atom. The molecule has 136 valence electrons. The number of Topliss-reactive ketones (excluding diaryl/α,β-unsaturated/α-hetero) is 1. The normalized spacial score (nSPS) is 19.8. The molecule has 26 heavy (non-hydrogen) atoms. The predicted octanol–water partition coefficient (Wildman–Crippen LogP) is 2.44. The minimum atomic E-state index is -0.911. The number of allylic oxidation sites excluding steroid dienone is 3. The van der Waals surface area contributed by atoms with Crippen molar-refractivity contribution in [2.45, 2.75) is 32.1 Å². The number of hydrogen-bond donors (Lipinski definition) is 2. The molecule has 0 aromatic heterocycles. The number of non-ortho nitro benzene ring substituents is 1. The molecule has 1 unspecified atom stereocenters. The SMILES string of the molecule is COC(=O)C1=C(C)NC2=C(C(=O)CCC2)C1c1cc([N+](=O)[O-])ccc1O. The summed E-state index contributed by atoms with van der Waals surface area (Å²) in [5, 5.41) is 24.6. The van der Waals surface area contributed by atoms with Gasteiger partial charge in [0, 0.05) is 41.1 Å². The zero-order valence-electron chi connectivity index (χ0n) is 14.4. The summed E-state index contributed by atoms with van der Waals surface area (Å²) in [6.07, 6.45) is 1.62. The second-order valence-electron chi connectivity index (χ2n) is 6.26. The van der Waals surface area contributed by atoms with E-state index in [4.69, 9.17) is 4.74 Å². The van der Waals surface area contributed by atoms with Crippen LogP contribution in [0.5, 0.6) is 5.75 Å². The molecular formula is C18H18N2O6. The predicted molar refractivity (Wildman–Crippen MR) is 91.2 cm³/mol. The molecule has 0 fully saturated rings. The van der Waals surface area contributed by atoms with E-state index in [1.807, 2.05) is 0 Å². The van der Waals surface area contributed by atoms with Crippen molar-refractivity contribution in [2.75, 3.05) is 7.11 Å². The lowest BCUT2D eigenvalue weighted by atomic mass is 9.75. The van der Waals surface area contributed by atoms with Crippen molar-refractivity contribution < 1.29 is 24.4 Å². The summed E-state index contributed by atoms with van der Waals surface area (Å²) in [6.45, 7) is 1.68. The van der Waals surface area contributed by atoms with E-state index in [9.17, 15) is 24.8 Å². The number of nitrogens with zero attached hydrogens (tertiary/aromatic N) is 1. The standard InChI is InChI=1S/C18H18N2O6/c1-9-15(18(23)26-2)16(17-12(19-9)4-3-5-14(17)22)11-8-10(20(24)25)6-7-13(11)21/h6-8,16,19,21H,3-5H2,1-2H3. The summed E-state index contributed by atoms with van der Waals surface area (Å²) in [7, 11) is 1.22. The number of ether oxygens (including phenoxy) is 1. The number of phenolic OH excluding ortho intramolecular Hbond substituents is 1. The number of rotatable bonds is 3. The first kappa shape index (κ1) is 17.7. The number of nitro groups is 1. The van der Waals surface area contributed by atoms with E-state index in [0.717, 1.165) is 0 Å². The highest BCUT2D eigenvalue weighted by molar-refractivity contribution is 6.04. The third-order valence-corrected chi connectivity index (χ3v) is 4.71. The number of ketones is 1. The van der Waals surface area contributed by atoms with Crippen molar-refractivity contribution in [3.63, 3.8) is 0 Å². The Morgan fingerprint density at radius 1 is 1.38 bits per heavy atom. The first-order chi connectivity index (χ1) is 12.3. The molecule has 0 bridgehead atoms. The van der Waals surface area contributed by atoms with Crippen LogP contribution in [0.1, 0.15) is 37.7 Å². The summed E-state index contributed by atoms with van der Waals surface area (Å²) in [5.41, 5.74) is 1.62. The third kappa shape index (κ3) is 2.83. The lowest BCUT2D eigenvalue weighted by molar-refractivity contribution is -0.384. The monoisotopic (exact) mass is 358 g/mol. The second-order valence-corrected chi connectivity index (χ2v) is 6.26. The molecule has 1 aliphatic carbocycles. The van der Waals surface area contributed by atoms with Crippen molar-refractivity contribution in [1.29, 1.82) is 0 Å². The van der Waals surface area contributed by atoms with Gasteiger partial charge in [-0.25, -0.2) is 4.79 Å². The number of benzene rings is 1. The number of methoxy groups -OCH3 is 1. The first-order valence-corrected chi connectivity index (χ1v) is 8.14. The molecule has 1 heterocycles. The molecular weight excluding hydrogens is 340 g/mol. The number of phenols is 1. The van der Waals surface area contributed by atoms with E-state index in [-0.39, 0.29) is 28.4 Å². The number of nitro benzene ring substituents is 1. The van der Waals surface area contributed by atoms with E-state index in [1.54, 1.807) is 6.92 Å². The van der Waals surface area contributed by atoms with Crippen LogP contribution >= 0.6 is 0 Å². The van der Waals surface area contributed by atoms with Crippen molar-refractivity contribution in [3.8, 4) is 5.75 Å². The highest BCUT2D eigenvalue weighted by Gasteiger charge is 2.40. The Labute approximate surface area is 149 Å². The van der Waals surface area contributed by atoms with E-state index >= 15 is 0 Å². The number of carbonyl (C=O) groups is 2. The number of dihydropyridines is 1. The van der Waals surface area contributed by atoms with Gasteiger partial charge in [0.25, 0.3) is 5.69 Å². The third-order valence-electron chi connectivity index (χ3n) is 4.71. The molecule has 0 radical (unpaired) electrons. The van der Waals surface area contributed by atoms with E-state index in [1.165, 1.54) is 25.3 Å². The highest BCUT2D eigenvalue weighted by atomic mass is 16.6. The molecule has 1 atom stereocenters. The lowest BCUT2D eigenvalue weighted by Crippen LogP contribution is -2.34. The van der Waals surface area contributed by atoms with Gasteiger partial charge in [-0.15, -0.1) is 0 Å². The molecule has 1 aliphatic heterocycles. The number of aromatic hydroxyl groups is 1. The summed E-state index contributed by atoms with van der Waals surface area (Å²) in [4.78, 5) is 35.6. The van der Waals surface area contributed by atoms with Gasteiger partial charge in [-0.1, -0.05) is 0 Å². The summed E-state index contributed by atoms with van der Waals surface area (Å²) in [6, 6.07) is 3.58. The van der Waals surface area contributed by atoms with Gasteiger partial charge in [0.1, 0.15) is 5.75 Å². The maximum absolute atomic E-state index is 12.6. The van der Waals surface area contributed by atoms with Crippen LogP contribution in [-0.2, 0) is 14.3 Å². The minimum Gasteiger partial charge on any atom is -0.508 e. The average Bonchev–Trinajstić information content (AvgIpc) is 2.60. The van der Waals surface area contributed by atoms with E-state index < -0.39 is 16.8 Å². The molecule has 2 aliphatic rings. The number of hydrogen-bond acceptors (Lipinski definition) is 7. The molecule has 0 spiro atoms. The van der Waals surface area contributed by atoms with Crippen LogP contribution in [0.15, 0.2) is 40.7 Å². The number of nitrogens with one attached hydrogen (secondary N) is 1. The van der Waals surface area contributed by atoms with Gasteiger partial charge in [-0.05, 0) is 25.8 Å². The summed E-state index contributed by atoms with van der Waals surface area (Å²) < 4.78 is 4.86. The van der Waals surface area contributed by atoms with Crippen LogP contribution in [0, 0.1) is 10.1 Å². The molecule has 8 nitrogen and oxygen atoms in total. The zero-order chi connectivity index (χ0) is 19.0. The van der Waals surface area contributed by atoms with Crippen LogP contribution in [0.4, 0.5) is 5.69 Å². The van der Waals surface area contributed by atoms with E-state index in [2.05, 4.69) is 5.32 Å². The lowest BCUT2D eigenvalue weighted by Gasteiger charge is -2.34. The van der Waals surface area contributed by atoms with Gasteiger partial charge in [0.15, 0.2) is 5.78 Å². The fourth-order valence-corrected chi connectivity index (χ4v) is 3.56. The molecule has 8 heteroatoms. The number of esters is 1. The maximum atomic E-state index is 12.6. The Balaban J connectivity index is 2.27. The second kappa shape index (κ2) is 6.62.